The maximum absolute atomic E-state index is 11.5. The highest BCUT2D eigenvalue weighted by Gasteiger charge is 2.27. The summed E-state index contributed by atoms with van der Waals surface area (Å²) < 4.78 is 0. The minimum absolute atomic E-state index is 0.0744. The SMILES string of the molecule is CC(C)(C)c1cccc(CCC(=O)CN)c1C(C)(C)C. The number of carbonyl (C=O) groups excluding carboxylic acids is 1. The van der Waals surface area contributed by atoms with Crippen molar-refractivity contribution >= 4 is 5.78 Å². The van der Waals surface area contributed by atoms with Crippen LogP contribution < -0.4 is 5.73 Å². The van der Waals surface area contributed by atoms with Crippen molar-refractivity contribution in [2.45, 2.75) is 65.2 Å². The molecule has 0 atom stereocenters. The van der Waals surface area contributed by atoms with Crippen LogP contribution in [-0.4, -0.2) is 12.3 Å². The minimum atomic E-state index is 0.0744. The van der Waals surface area contributed by atoms with E-state index in [2.05, 4.69) is 59.7 Å². The van der Waals surface area contributed by atoms with Crippen molar-refractivity contribution < 1.29 is 4.79 Å². The zero-order valence-corrected chi connectivity index (χ0v) is 13.8. The summed E-state index contributed by atoms with van der Waals surface area (Å²) in [7, 11) is 0. The van der Waals surface area contributed by atoms with Crippen LogP contribution in [0.2, 0.25) is 0 Å². The molecule has 0 unspecified atom stereocenters. The van der Waals surface area contributed by atoms with Crippen LogP contribution in [0.5, 0.6) is 0 Å². The van der Waals surface area contributed by atoms with Gasteiger partial charge in [0, 0.05) is 6.42 Å². The molecule has 0 aliphatic rings. The Bertz CT molecular complexity index is 475. The van der Waals surface area contributed by atoms with E-state index >= 15 is 0 Å². The maximum Gasteiger partial charge on any atom is 0.146 e. The fourth-order valence-corrected chi connectivity index (χ4v) is 2.70. The van der Waals surface area contributed by atoms with Gasteiger partial charge in [-0.3, -0.25) is 4.79 Å². The van der Waals surface area contributed by atoms with Gasteiger partial charge >= 0.3 is 0 Å². The van der Waals surface area contributed by atoms with E-state index in [1.54, 1.807) is 0 Å². The molecule has 2 heteroatoms. The Morgan fingerprint density at radius 2 is 1.65 bits per heavy atom. The number of hydrogen-bond donors (Lipinski definition) is 1. The predicted molar refractivity (Wildman–Crippen MR) is 86.2 cm³/mol. The molecule has 0 amide bonds. The first kappa shape index (κ1) is 16.9. The van der Waals surface area contributed by atoms with E-state index in [1.165, 1.54) is 16.7 Å². The van der Waals surface area contributed by atoms with Gasteiger partial charge in [-0.05, 0) is 33.9 Å². The summed E-state index contributed by atoms with van der Waals surface area (Å²) in [6.07, 6.45) is 1.32. The Balaban J connectivity index is 3.27. The highest BCUT2D eigenvalue weighted by molar-refractivity contribution is 5.80. The molecule has 0 saturated carbocycles. The van der Waals surface area contributed by atoms with E-state index in [0.717, 1.165) is 6.42 Å². The van der Waals surface area contributed by atoms with Crippen LogP contribution in [-0.2, 0) is 22.0 Å². The summed E-state index contributed by atoms with van der Waals surface area (Å²) >= 11 is 0. The molecule has 0 aromatic heterocycles. The first-order chi connectivity index (χ1) is 9.07. The normalized spacial score (nSPS) is 12.6. The minimum Gasteiger partial charge on any atom is -0.324 e. The van der Waals surface area contributed by atoms with Gasteiger partial charge in [-0.15, -0.1) is 0 Å². The summed E-state index contributed by atoms with van der Waals surface area (Å²) in [5.41, 5.74) is 9.64. The van der Waals surface area contributed by atoms with E-state index in [9.17, 15) is 4.79 Å². The lowest BCUT2D eigenvalue weighted by molar-refractivity contribution is -0.117. The molecule has 0 saturated heterocycles. The van der Waals surface area contributed by atoms with Gasteiger partial charge in [0.15, 0.2) is 0 Å². The van der Waals surface area contributed by atoms with Crippen molar-refractivity contribution in [1.29, 1.82) is 0 Å². The smallest absolute Gasteiger partial charge is 0.146 e. The van der Waals surface area contributed by atoms with Gasteiger partial charge in [-0.2, -0.15) is 0 Å². The zero-order chi connectivity index (χ0) is 15.6. The van der Waals surface area contributed by atoms with E-state index in [4.69, 9.17) is 5.73 Å². The average Bonchev–Trinajstić information content (AvgIpc) is 2.33. The van der Waals surface area contributed by atoms with Crippen LogP contribution in [0.25, 0.3) is 0 Å². The summed E-state index contributed by atoms with van der Waals surface area (Å²) in [5.74, 6) is 0.131. The van der Waals surface area contributed by atoms with Crippen molar-refractivity contribution in [2.75, 3.05) is 6.54 Å². The molecule has 1 aromatic rings. The van der Waals surface area contributed by atoms with Crippen molar-refractivity contribution in [1.82, 2.24) is 0 Å². The van der Waals surface area contributed by atoms with Crippen LogP contribution >= 0.6 is 0 Å². The Kier molecular flexibility index (Phi) is 5.15. The zero-order valence-electron chi connectivity index (χ0n) is 13.8. The first-order valence-electron chi connectivity index (χ1n) is 7.42. The molecular formula is C18H29NO. The van der Waals surface area contributed by atoms with Crippen LogP contribution in [0.15, 0.2) is 18.2 Å². The Labute approximate surface area is 123 Å². The summed E-state index contributed by atoms with van der Waals surface area (Å²) in [6.45, 7) is 13.6. The Morgan fingerprint density at radius 1 is 1.05 bits per heavy atom. The molecule has 0 heterocycles. The number of carbonyl (C=O) groups is 1. The predicted octanol–water partition coefficient (Wildman–Crippen LogP) is 3.74. The quantitative estimate of drug-likeness (QED) is 0.909. The fraction of sp³-hybridized carbons (Fsp3) is 0.611. The second kappa shape index (κ2) is 6.09. The van der Waals surface area contributed by atoms with Crippen LogP contribution in [0.3, 0.4) is 0 Å². The molecule has 2 nitrogen and oxygen atoms in total. The van der Waals surface area contributed by atoms with Gasteiger partial charge in [0.05, 0.1) is 6.54 Å². The van der Waals surface area contributed by atoms with E-state index in [-0.39, 0.29) is 23.2 Å². The van der Waals surface area contributed by atoms with Crippen molar-refractivity contribution in [3.63, 3.8) is 0 Å². The van der Waals surface area contributed by atoms with Crippen LogP contribution in [0, 0.1) is 0 Å². The monoisotopic (exact) mass is 275 g/mol. The lowest BCUT2D eigenvalue weighted by Gasteiger charge is -2.32. The van der Waals surface area contributed by atoms with Crippen molar-refractivity contribution in [3.8, 4) is 0 Å². The number of aryl methyl sites for hydroxylation is 1. The van der Waals surface area contributed by atoms with Crippen LogP contribution in [0.4, 0.5) is 0 Å². The second-order valence-corrected chi connectivity index (χ2v) is 7.58. The standard InChI is InChI=1S/C18H29NO/c1-17(2,3)15-9-7-8-13(10-11-14(20)12-19)16(15)18(4,5)6/h7-9H,10-12,19H2,1-6H3. The maximum atomic E-state index is 11.5. The van der Waals surface area contributed by atoms with Gasteiger partial charge < -0.3 is 5.73 Å². The highest BCUT2D eigenvalue weighted by Crippen LogP contribution is 2.36. The number of rotatable bonds is 4. The molecule has 20 heavy (non-hydrogen) atoms. The van der Waals surface area contributed by atoms with E-state index in [0.29, 0.717) is 6.42 Å². The largest absolute Gasteiger partial charge is 0.324 e. The molecule has 1 aromatic carbocycles. The summed E-state index contributed by atoms with van der Waals surface area (Å²) in [6, 6.07) is 6.48. The van der Waals surface area contributed by atoms with Gasteiger partial charge in [0.25, 0.3) is 0 Å². The molecule has 0 spiro atoms. The topological polar surface area (TPSA) is 43.1 Å². The van der Waals surface area contributed by atoms with Gasteiger partial charge in [-0.1, -0.05) is 59.7 Å². The van der Waals surface area contributed by atoms with Gasteiger partial charge in [0.2, 0.25) is 0 Å². The Morgan fingerprint density at radius 3 is 2.10 bits per heavy atom. The first-order valence-corrected chi connectivity index (χ1v) is 7.42. The van der Waals surface area contributed by atoms with Gasteiger partial charge in [-0.25, -0.2) is 0 Å². The number of hydrogen-bond acceptors (Lipinski definition) is 2. The molecule has 2 N–H and O–H groups in total. The summed E-state index contributed by atoms with van der Waals surface area (Å²) in [4.78, 5) is 11.5. The molecule has 112 valence electrons. The number of Topliss-reactive ketones (excluding diaryl/α,β-unsaturated/α-hetero) is 1. The molecule has 1 rings (SSSR count). The van der Waals surface area contributed by atoms with Gasteiger partial charge in [0.1, 0.15) is 5.78 Å². The summed E-state index contributed by atoms with van der Waals surface area (Å²) in [5, 5.41) is 0. The number of ketones is 1. The van der Waals surface area contributed by atoms with Crippen LogP contribution in [0.1, 0.15) is 64.7 Å². The fourth-order valence-electron chi connectivity index (χ4n) is 2.70. The lowest BCUT2D eigenvalue weighted by Crippen LogP contribution is -2.24. The third-order valence-corrected chi connectivity index (χ3v) is 3.61. The molecular weight excluding hydrogens is 246 g/mol. The number of nitrogens with two attached hydrogens (primary N) is 1. The highest BCUT2D eigenvalue weighted by atomic mass is 16.1. The van der Waals surface area contributed by atoms with Crippen molar-refractivity contribution in [2.24, 2.45) is 5.73 Å². The Hall–Kier alpha value is -1.15. The van der Waals surface area contributed by atoms with E-state index in [1.807, 2.05) is 0 Å². The third-order valence-electron chi connectivity index (χ3n) is 3.61. The molecule has 0 aliphatic heterocycles. The molecule has 0 fully saturated rings. The van der Waals surface area contributed by atoms with E-state index < -0.39 is 0 Å². The lowest BCUT2D eigenvalue weighted by atomic mass is 9.72. The molecule has 0 aliphatic carbocycles. The average molecular weight is 275 g/mol. The number of benzene rings is 1. The van der Waals surface area contributed by atoms with Crippen molar-refractivity contribution in [3.05, 3.63) is 34.9 Å². The second-order valence-electron chi connectivity index (χ2n) is 7.58. The third kappa shape index (κ3) is 4.17. The molecule has 0 bridgehead atoms. The molecule has 0 radical (unpaired) electrons.